The van der Waals surface area contributed by atoms with Gasteiger partial charge in [-0.05, 0) is 24.6 Å². The predicted molar refractivity (Wildman–Crippen MR) is 60.8 cm³/mol. The van der Waals surface area contributed by atoms with Crippen molar-refractivity contribution in [2.24, 2.45) is 0 Å². The lowest BCUT2D eigenvalue weighted by Gasteiger charge is -2.09. The van der Waals surface area contributed by atoms with Crippen molar-refractivity contribution in [3.63, 3.8) is 0 Å². The lowest BCUT2D eigenvalue weighted by Crippen LogP contribution is -2.22. The number of rotatable bonds is 1. The number of carboxylic acids is 1. The molecule has 1 aromatic carbocycles. The Morgan fingerprint density at radius 3 is 2.69 bits per heavy atom. The van der Waals surface area contributed by atoms with Gasteiger partial charge in [0.1, 0.15) is 0 Å². The van der Waals surface area contributed by atoms with Crippen LogP contribution in [0.25, 0.3) is 10.9 Å². The SMILES string of the molecule is Cc1c(Cl)ccc2c(Cl)c(C(=O)[O-])cnc12. The molecule has 0 radical (unpaired) electrons. The second-order valence-electron chi connectivity index (χ2n) is 3.34. The monoisotopic (exact) mass is 254 g/mol. The van der Waals surface area contributed by atoms with E-state index in [1.54, 1.807) is 19.1 Å². The predicted octanol–water partition coefficient (Wildman–Crippen LogP) is 2.21. The number of aromatic carboxylic acids is 1. The summed E-state index contributed by atoms with van der Waals surface area (Å²) in [6, 6.07) is 3.30. The van der Waals surface area contributed by atoms with Gasteiger partial charge in [-0.15, -0.1) is 0 Å². The number of benzene rings is 1. The quantitative estimate of drug-likeness (QED) is 0.784. The van der Waals surface area contributed by atoms with E-state index in [-0.39, 0.29) is 10.6 Å². The Kier molecular flexibility index (Phi) is 2.74. The fraction of sp³-hybridized carbons (Fsp3) is 0.0909. The third-order valence-electron chi connectivity index (χ3n) is 2.38. The Bertz CT molecular complexity index is 596. The zero-order chi connectivity index (χ0) is 11.9. The molecule has 3 nitrogen and oxygen atoms in total. The van der Waals surface area contributed by atoms with E-state index in [0.717, 1.165) is 5.56 Å². The first kappa shape index (κ1) is 11.2. The number of hydrogen-bond donors (Lipinski definition) is 0. The van der Waals surface area contributed by atoms with Gasteiger partial charge >= 0.3 is 0 Å². The van der Waals surface area contributed by atoms with Gasteiger partial charge in [0.25, 0.3) is 0 Å². The standard InChI is InChI=1S/C11H7Cl2NO2/c1-5-8(12)3-2-6-9(13)7(11(15)16)4-14-10(5)6/h2-4H,1H3,(H,15,16)/p-1. The third-order valence-corrected chi connectivity index (χ3v) is 3.20. The first-order valence-corrected chi connectivity index (χ1v) is 5.22. The van der Waals surface area contributed by atoms with Crippen LogP contribution in [-0.2, 0) is 0 Å². The molecule has 1 heterocycles. The van der Waals surface area contributed by atoms with Gasteiger partial charge in [0.15, 0.2) is 0 Å². The van der Waals surface area contributed by atoms with E-state index < -0.39 is 5.97 Å². The molecule has 0 amide bonds. The number of pyridine rings is 1. The largest absolute Gasteiger partial charge is 0.545 e. The van der Waals surface area contributed by atoms with Crippen molar-refractivity contribution in [3.05, 3.63) is 39.5 Å². The van der Waals surface area contributed by atoms with Gasteiger partial charge in [-0.2, -0.15) is 0 Å². The summed E-state index contributed by atoms with van der Waals surface area (Å²) in [4.78, 5) is 14.8. The van der Waals surface area contributed by atoms with Crippen molar-refractivity contribution in [3.8, 4) is 0 Å². The molecule has 0 saturated heterocycles. The highest BCUT2D eigenvalue weighted by molar-refractivity contribution is 6.38. The molecular weight excluding hydrogens is 249 g/mol. The number of hydrogen-bond acceptors (Lipinski definition) is 3. The van der Waals surface area contributed by atoms with E-state index in [4.69, 9.17) is 23.2 Å². The summed E-state index contributed by atoms with van der Waals surface area (Å²) in [5, 5.41) is 12.0. The fourth-order valence-corrected chi connectivity index (χ4v) is 1.92. The van der Waals surface area contributed by atoms with Crippen LogP contribution >= 0.6 is 23.2 Å². The molecule has 0 aliphatic rings. The van der Waals surface area contributed by atoms with Crippen LogP contribution in [0.1, 0.15) is 15.9 Å². The maximum Gasteiger partial charge on any atom is 0.0761 e. The molecule has 16 heavy (non-hydrogen) atoms. The van der Waals surface area contributed by atoms with Crippen LogP contribution in [0.2, 0.25) is 10.0 Å². The van der Waals surface area contributed by atoms with Gasteiger partial charge in [-0.3, -0.25) is 4.98 Å². The summed E-state index contributed by atoms with van der Waals surface area (Å²) in [6.07, 6.45) is 1.18. The van der Waals surface area contributed by atoms with Crippen LogP contribution in [0.15, 0.2) is 18.3 Å². The van der Waals surface area contributed by atoms with Gasteiger partial charge < -0.3 is 9.90 Å². The third kappa shape index (κ3) is 1.62. The zero-order valence-corrected chi connectivity index (χ0v) is 9.76. The number of fused-ring (bicyclic) bond motifs is 1. The van der Waals surface area contributed by atoms with Crippen molar-refractivity contribution < 1.29 is 9.90 Å². The number of carbonyl (C=O) groups is 1. The maximum absolute atomic E-state index is 10.8. The number of carbonyl (C=O) groups excluding carboxylic acids is 1. The van der Waals surface area contributed by atoms with Crippen LogP contribution in [-0.4, -0.2) is 11.0 Å². The van der Waals surface area contributed by atoms with Crippen molar-refractivity contribution in [2.45, 2.75) is 6.92 Å². The molecule has 0 bridgehead atoms. The summed E-state index contributed by atoms with van der Waals surface area (Å²) in [6.45, 7) is 1.80. The Hall–Kier alpha value is -1.32. The topological polar surface area (TPSA) is 53.0 Å². The number of aromatic nitrogens is 1. The maximum atomic E-state index is 10.8. The Morgan fingerprint density at radius 1 is 1.38 bits per heavy atom. The summed E-state index contributed by atoms with van der Waals surface area (Å²) in [5.74, 6) is -1.34. The number of aryl methyl sites for hydroxylation is 1. The average Bonchev–Trinajstić information content (AvgIpc) is 2.23. The van der Waals surface area contributed by atoms with Crippen LogP contribution in [0, 0.1) is 6.92 Å². The molecule has 0 unspecified atom stereocenters. The number of halogens is 2. The fourth-order valence-electron chi connectivity index (χ4n) is 1.49. The van der Waals surface area contributed by atoms with E-state index in [1.807, 2.05) is 0 Å². The van der Waals surface area contributed by atoms with Crippen LogP contribution in [0.5, 0.6) is 0 Å². The Labute approximate surface area is 102 Å². The molecule has 0 fully saturated rings. The molecule has 5 heteroatoms. The Morgan fingerprint density at radius 2 is 2.06 bits per heavy atom. The molecule has 0 aliphatic carbocycles. The molecule has 82 valence electrons. The molecular formula is C11H6Cl2NO2-. The van der Waals surface area contributed by atoms with E-state index >= 15 is 0 Å². The zero-order valence-electron chi connectivity index (χ0n) is 8.25. The van der Waals surface area contributed by atoms with Gasteiger partial charge in [-0.25, -0.2) is 0 Å². The Balaban J connectivity index is 2.87. The van der Waals surface area contributed by atoms with Crippen LogP contribution in [0.3, 0.4) is 0 Å². The number of carboxylic acid groups (broad SMARTS) is 1. The summed E-state index contributed by atoms with van der Waals surface area (Å²) in [5.41, 5.74) is 1.25. The van der Waals surface area contributed by atoms with E-state index in [2.05, 4.69) is 4.98 Å². The summed E-state index contributed by atoms with van der Waals surface area (Å²) >= 11 is 11.9. The lowest BCUT2D eigenvalue weighted by atomic mass is 10.1. The molecule has 0 N–H and O–H groups in total. The molecule has 0 saturated carbocycles. The highest BCUT2D eigenvalue weighted by atomic mass is 35.5. The molecule has 2 rings (SSSR count). The lowest BCUT2D eigenvalue weighted by molar-refractivity contribution is -0.255. The molecule has 0 atom stereocenters. The summed E-state index contributed by atoms with van der Waals surface area (Å²) in [7, 11) is 0. The van der Waals surface area contributed by atoms with Crippen LogP contribution < -0.4 is 5.11 Å². The van der Waals surface area contributed by atoms with Gasteiger partial charge in [0, 0.05) is 22.2 Å². The van der Waals surface area contributed by atoms with Crippen molar-refractivity contribution in [2.75, 3.05) is 0 Å². The average molecular weight is 255 g/mol. The molecule has 1 aromatic heterocycles. The van der Waals surface area contributed by atoms with Crippen molar-refractivity contribution in [1.82, 2.24) is 4.98 Å². The molecule has 0 aliphatic heterocycles. The van der Waals surface area contributed by atoms with Gasteiger partial charge in [0.2, 0.25) is 0 Å². The minimum absolute atomic E-state index is 0.115. The first-order valence-electron chi connectivity index (χ1n) is 4.47. The summed E-state index contributed by atoms with van der Waals surface area (Å²) < 4.78 is 0. The number of nitrogens with zero attached hydrogens (tertiary/aromatic N) is 1. The van der Waals surface area contributed by atoms with E-state index in [1.165, 1.54) is 6.20 Å². The smallest absolute Gasteiger partial charge is 0.0761 e. The normalized spacial score (nSPS) is 10.7. The van der Waals surface area contributed by atoms with Crippen LogP contribution in [0.4, 0.5) is 0 Å². The second-order valence-corrected chi connectivity index (χ2v) is 4.13. The highest BCUT2D eigenvalue weighted by Crippen LogP contribution is 2.30. The van der Waals surface area contributed by atoms with Crippen molar-refractivity contribution in [1.29, 1.82) is 0 Å². The highest BCUT2D eigenvalue weighted by Gasteiger charge is 2.10. The molecule has 2 aromatic rings. The van der Waals surface area contributed by atoms with E-state index in [9.17, 15) is 9.90 Å². The second kappa shape index (κ2) is 3.92. The minimum Gasteiger partial charge on any atom is -0.545 e. The molecule has 0 spiro atoms. The first-order chi connectivity index (χ1) is 7.52. The van der Waals surface area contributed by atoms with E-state index in [0.29, 0.717) is 15.9 Å². The minimum atomic E-state index is -1.34. The van der Waals surface area contributed by atoms with Gasteiger partial charge in [-0.1, -0.05) is 23.2 Å². The van der Waals surface area contributed by atoms with Crippen molar-refractivity contribution >= 4 is 40.1 Å². The van der Waals surface area contributed by atoms with Gasteiger partial charge in [0.05, 0.1) is 16.5 Å².